The summed E-state index contributed by atoms with van der Waals surface area (Å²) in [5.74, 6) is 0.123. The van der Waals surface area contributed by atoms with Crippen molar-refractivity contribution in [1.29, 1.82) is 5.26 Å². The fourth-order valence-corrected chi connectivity index (χ4v) is 1.96. The van der Waals surface area contributed by atoms with E-state index in [1.54, 1.807) is 29.2 Å². The van der Waals surface area contributed by atoms with Crippen molar-refractivity contribution in [2.75, 3.05) is 18.4 Å². The first-order chi connectivity index (χ1) is 9.93. The van der Waals surface area contributed by atoms with Crippen LogP contribution in [-0.4, -0.2) is 29.8 Å². The maximum atomic E-state index is 11.9. The van der Waals surface area contributed by atoms with E-state index >= 15 is 0 Å². The molecule has 0 unspecified atom stereocenters. The number of nitriles is 1. The normalized spacial score (nSPS) is 10.0. The maximum absolute atomic E-state index is 11.9. The molecule has 1 rings (SSSR count). The van der Waals surface area contributed by atoms with Gasteiger partial charge in [0.1, 0.15) is 6.07 Å². The molecule has 2 amide bonds. The predicted octanol–water partition coefficient (Wildman–Crippen LogP) is 2.39. The van der Waals surface area contributed by atoms with Crippen LogP contribution in [0.3, 0.4) is 0 Å². The Morgan fingerprint density at radius 1 is 1.33 bits per heavy atom. The van der Waals surface area contributed by atoms with E-state index in [-0.39, 0.29) is 18.2 Å². The summed E-state index contributed by atoms with van der Waals surface area (Å²) in [7, 11) is 0. The largest absolute Gasteiger partial charge is 0.342 e. The van der Waals surface area contributed by atoms with Gasteiger partial charge < -0.3 is 10.2 Å². The molecule has 0 aliphatic carbocycles. The Morgan fingerprint density at radius 2 is 2.00 bits per heavy atom. The molecular formula is C16H21N3O2. The zero-order valence-corrected chi connectivity index (χ0v) is 12.7. The summed E-state index contributed by atoms with van der Waals surface area (Å²) in [6, 6.07) is 8.87. The summed E-state index contributed by atoms with van der Waals surface area (Å²) in [5, 5.41) is 11.7. The molecule has 112 valence electrons. The molecule has 0 heterocycles. The van der Waals surface area contributed by atoms with Gasteiger partial charge in [-0.1, -0.05) is 26.0 Å². The number of amides is 2. The van der Waals surface area contributed by atoms with Gasteiger partial charge in [0.2, 0.25) is 11.8 Å². The lowest BCUT2D eigenvalue weighted by molar-refractivity contribution is -0.129. The fourth-order valence-electron chi connectivity index (χ4n) is 1.96. The number of benzene rings is 1. The summed E-state index contributed by atoms with van der Waals surface area (Å²) in [4.78, 5) is 25.1. The number of nitrogens with zero attached hydrogens (tertiary/aromatic N) is 2. The number of rotatable bonds is 6. The van der Waals surface area contributed by atoms with Crippen LogP contribution in [0.4, 0.5) is 5.69 Å². The van der Waals surface area contributed by atoms with Crippen LogP contribution in [0.25, 0.3) is 0 Å². The molecular weight excluding hydrogens is 266 g/mol. The molecule has 0 spiro atoms. The van der Waals surface area contributed by atoms with Crippen molar-refractivity contribution in [3.05, 3.63) is 29.8 Å². The van der Waals surface area contributed by atoms with Crippen molar-refractivity contribution < 1.29 is 9.59 Å². The molecule has 0 atom stereocenters. The summed E-state index contributed by atoms with van der Waals surface area (Å²) in [5.41, 5.74) is 0.930. The molecule has 0 aliphatic rings. The number of carbonyl (C=O) groups excluding carboxylic acids is 2. The van der Waals surface area contributed by atoms with Gasteiger partial charge in [-0.25, -0.2) is 0 Å². The third-order valence-corrected chi connectivity index (χ3v) is 2.96. The molecule has 5 heteroatoms. The van der Waals surface area contributed by atoms with Crippen LogP contribution in [0.5, 0.6) is 0 Å². The van der Waals surface area contributed by atoms with Gasteiger partial charge in [-0.05, 0) is 18.1 Å². The lowest BCUT2D eigenvalue weighted by Gasteiger charge is -2.22. The van der Waals surface area contributed by atoms with Crippen molar-refractivity contribution >= 4 is 17.5 Å². The van der Waals surface area contributed by atoms with Crippen LogP contribution < -0.4 is 5.32 Å². The number of anilines is 1. The van der Waals surface area contributed by atoms with Gasteiger partial charge in [-0.15, -0.1) is 0 Å². The lowest BCUT2D eigenvalue weighted by atomic mass is 10.2. The number of hydrogen-bond donors (Lipinski definition) is 1. The molecule has 1 N–H and O–H groups in total. The molecule has 0 aromatic heterocycles. The Labute approximate surface area is 125 Å². The van der Waals surface area contributed by atoms with Crippen LogP contribution in [0.2, 0.25) is 0 Å². The minimum atomic E-state index is -0.201. The first-order valence-electron chi connectivity index (χ1n) is 6.98. The molecule has 0 radical (unpaired) electrons. The molecule has 0 bridgehead atoms. The average Bonchev–Trinajstić information content (AvgIpc) is 2.43. The third-order valence-electron chi connectivity index (χ3n) is 2.96. The molecule has 1 aromatic carbocycles. The Balaban J connectivity index is 2.57. The zero-order valence-electron chi connectivity index (χ0n) is 12.7. The number of carbonyl (C=O) groups is 2. The Kier molecular flexibility index (Phi) is 6.41. The molecule has 0 saturated heterocycles. The van der Waals surface area contributed by atoms with Gasteiger partial charge in [-0.2, -0.15) is 5.26 Å². The summed E-state index contributed by atoms with van der Waals surface area (Å²) in [6.45, 7) is 6.58. The molecule has 0 saturated carbocycles. The van der Waals surface area contributed by atoms with Gasteiger partial charge in [0.25, 0.3) is 0 Å². The summed E-state index contributed by atoms with van der Waals surface area (Å²) >= 11 is 0. The summed E-state index contributed by atoms with van der Waals surface area (Å²) in [6.07, 6.45) is 0.214. The highest BCUT2D eigenvalue weighted by molar-refractivity contribution is 5.92. The van der Waals surface area contributed by atoms with Crippen LogP contribution in [0.1, 0.15) is 32.8 Å². The second-order valence-corrected chi connectivity index (χ2v) is 5.31. The van der Waals surface area contributed by atoms with Gasteiger partial charge in [0.05, 0.1) is 11.3 Å². The quantitative estimate of drug-likeness (QED) is 0.873. The molecule has 5 nitrogen and oxygen atoms in total. The summed E-state index contributed by atoms with van der Waals surface area (Å²) < 4.78 is 0. The maximum Gasteiger partial charge on any atom is 0.226 e. The second-order valence-electron chi connectivity index (χ2n) is 5.31. The van der Waals surface area contributed by atoms with Gasteiger partial charge >= 0.3 is 0 Å². The van der Waals surface area contributed by atoms with E-state index in [1.807, 2.05) is 19.9 Å². The Morgan fingerprint density at radius 3 is 2.57 bits per heavy atom. The predicted molar refractivity (Wildman–Crippen MR) is 81.5 cm³/mol. The van der Waals surface area contributed by atoms with Crippen LogP contribution in [0.15, 0.2) is 24.3 Å². The Bertz CT molecular complexity index is 547. The van der Waals surface area contributed by atoms with Crippen LogP contribution in [0, 0.1) is 17.2 Å². The first kappa shape index (κ1) is 16.7. The topological polar surface area (TPSA) is 73.2 Å². The minimum absolute atomic E-state index is 0.0334. The van der Waals surface area contributed by atoms with E-state index in [1.165, 1.54) is 6.92 Å². The van der Waals surface area contributed by atoms with Crippen molar-refractivity contribution in [3.63, 3.8) is 0 Å². The molecule has 21 heavy (non-hydrogen) atoms. The highest BCUT2D eigenvalue weighted by Crippen LogP contribution is 2.13. The fraction of sp³-hybridized carbons (Fsp3) is 0.438. The van der Waals surface area contributed by atoms with Crippen LogP contribution >= 0.6 is 0 Å². The van der Waals surface area contributed by atoms with Gasteiger partial charge in [0.15, 0.2) is 0 Å². The van der Waals surface area contributed by atoms with E-state index in [0.29, 0.717) is 30.3 Å². The van der Waals surface area contributed by atoms with Crippen molar-refractivity contribution in [2.24, 2.45) is 5.92 Å². The smallest absolute Gasteiger partial charge is 0.226 e. The lowest BCUT2D eigenvalue weighted by Crippen LogP contribution is -2.34. The van der Waals surface area contributed by atoms with Crippen LogP contribution in [-0.2, 0) is 9.59 Å². The number of para-hydroxylation sites is 1. The van der Waals surface area contributed by atoms with E-state index in [2.05, 4.69) is 5.32 Å². The van der Waals surface area contributed by atoms with E-state index < -0.39 is 0 Å². The van der Waals surface area contributed by atoms with Crippen molar-refractivity contribution in [1.82, 2.24) is 4.90 Å². The van der Waals surface area contributed by atoms with E-state index in [9.17, 15) is 9.59 Å². The second kappa shape index (κ2) is 8.05. The van der Waals surface area contributed by atoms with Gasteiger partial charge in [0, 0.05) is 26.4 Å². The molecule has 1 aromatic rings. The van der Waals surface area contributed by atoms with E-state index in [0.717, 1.165) is 0 Å². The molecule has 0 fully saturated rings. The standard InChI is InChI=1S/C16H21N3O2/c1-12(2)11-19(13(3)20)9-8-16(21)18-15-7-5-4-6-14(15)10-17/h4-7,12H,8-9,11H2,1-3H3,(H,18,21). The van der Waals surface area contributed by atoms with Crippen molar-refractivity contribution in [3.8, 4) is 6.07 Å². The molecule has 0 aliphatic heterocycles. The number of hydrogen-bond acceptors (Lipinski definition) is 3. The highest BCUT2D eigenvalue weighted by Gasteiger charge is 2.13. The van der Waals surface area contributed by atoms with Gasteiger partial charge in [-0.3, -0.25) is 9.59 Å². The van der Waals surface area contributed by atoms with Crippen molar-refractivity contribution in [2.45, 2.75) is 27.2 Å². The minimum Gasteiger partial charge on any atom is -0.342 e. The third kappa shape index (κ3) is 5.65. The Hall–Kier alpha value is -2.35. The monoisotopic (exact) mass is 287 g/mol. The van der Waals surface area contributed by atoms with E-state index in [4.69, 9.17) is 5.26 Å². The SMILES string of the molecule is CC(=O)N(CCC(=O)Nc1ccccc1C#N)CC(C)C. The number of nitrogens with one attached hydrogen (secondary N) is 1. The first-order valence-corrected chi connectivity index (χ1v) is 6.98. The highest BCUT2D eigenvalue weighted by atomic mass is 16.2. The average molecular weight is 287 g/mol. The zero-order chi connectivity index (χ0) is 15.8.